The maximum atomic E-state index is 14.0. The molecule has 5 atom stereocenters. The van der Waals surface area contributed by atoms with Crippen LogP contribution in [0.25, 0.3) is 67.3 Å². The highest BCUT2D eigenvalue weighted by Gasteiger charge is 2.56. The average molecular weight is 728 g/mol. The van der Waals surface area contributed by atoms with Crippen molar-refractivity contribution in [3.8, 4) is 73.4 Å². The number of aromatic nitrogens is 2. The molecule has 2 saturated carbocycles. The van der Waals surface area contributed by atoms with Gasteiger partial charge >= 0.3 is 0 Å². The normalized spacial score (nSPS) is 22.0. The molecular weight excluding hydrogens is 686 g/mol. The lowest BCUT2D eigenvalue weighted by molar-refractivity contribution is 0.0426. The van der Waals surface area contributed by atoms with Crippen molar-refractivity contribution in [3.05, 3.63) is 168 Å². The maximum Gasteiger partial charge on any atom is 0.160 e. The minimum Gasteiger partial charge on any atom is -0.228 e. The summed E-state index contributed by atoms with van der Waals surface area (Å²) >= 11 is 0. The van der Waals surface area contributed by atoms with E-state index in [0.717, 1.165) is 62.2 Å². The van der Waals surface area contributed by atoms with Gasteiger partial charge < -0.3 is 0 Å². The van der Waals surface area contributed by atoms with Crippen LogP contribution in [0.1, 0.15) is 56.2 Å². The molecule has 0 amide bonds. The van der Waals surface area contributed by atoms with Crippen LogP contribution in [-0.2, 0) is 5.41 Å². The van der Waals surface area contributed by atoms with E-state index in [1.807, 2.05) is 30.3 Å². The molecule has 4 heteroatoms. The third-order valence-electron chi connectivity index (χ3n) is 13.1. The van der Waals surface area contributed by atoms with Gasteiger partial charge in [-0.15, -0.1) is 0 Å². The first-order chi connectivity index (χ1) is 27.4. The summed E-state index contributed by atoms with van der Waals surface area (Å²) in [6.07, 6.45) is 5.11. The van der Waals surface area contributed by atoms with E-state index < -0.39 is 0 Å². The summed E-state index contributed by atoms with van der Waals surface area (Å²) in [4.78, 5) is 10.1. The fourth-order valence-electron chi connectivity index (χ4n) is 10.8. The van der Waals surface area contributed by atoms with Crippen molar-refractivity contribution < 1.29 is 4.39 Å². The number of hydrogen-bond donors (Lipinski definition) is 0. The Morgan fingerprint density at radius 2 is 1.16 bits per heavy atom. The highest BCUT2D eigenvalue weighted by atomic mass is 19.1. The molecule has 5 unspecified atom stereocenters. The number of nitriles is 1. The zero-order valence-corrected chi connectivity index (χ0v) is 31.7. The molecule has 6 aromatic carbocycles. The molecule has 10 rings (SSSR count). The second-order valence-electron chi connectivity index (χ2n) is 16.5. The number of hydrogen-bond acceptors (Lipinski definition) is 3. The second kappa shape index (κ2) is 13.5. The summed E-state index contributed by atoms with van der Waals surface area (Å²) in [7, 11) is 0. The van der Waals surface area contributed by atoms with Crippen molar-refractivity contribution in [2.24, 2.45) is 23.7 Å². The predicted molar refractivity (Wildman–Crippen MR) is 224 cm³/mol. The molecule has 1 aromatic heterocycles. The monoisotopic (exact) mass is 727 g/mol. The lowest BCUT2D eigenvalue weighted by Crippen LogP contribution is -2.49. The highest BCUT2D eigenvalue weighted by molar-refractivity contribution is 5.86. The van der Waals surface area contributed by atoms with E-state index in [4.69, 9.17) is 9.97 Å². The standard InChI is InChI=1S/C52H42FN3/c1-32-24-35-26-33(2)52(43(25-32)27-35)47-23-19-42(29-46(47)45-22-8-34(31-54)28-48(45)52)38-9-13-39(14-10-38)49-30-50(40-17-20-44(53)21-18-40)56-51(55-49)41-15-11-37(12-16-41)36-6-4-3-5-7-36/h3-23,28-30,32-33,35,43H,24-27H2,1-2H3. The zero-order valence-electron chi connectivity index (χ0n) is 31.7. The Bertz CT molecular complexity index is 2640. The number of halogens is 1. The minimum atomic E-state index is -0.280. The molecule has 0 N–H and O–H groups in total. The largest absolute Gasteiger partial charge is 0.228 e. The van der Waals surface area contributed by atoms with Crippen LogP contribution in [0.2, 0.25) is 0 Å². The number of benzene rings is 6. The Kier molecular flexibility index (Phi) is 8.29. The van der Waals surface area contributed by atoms with Gasteiger partial charge in [0.05, 0.1) is 23.0 Å². The van der Waals surface area contributed by atoms with E-state index in [0.29, 0.717) is 17.7 Å². The van der Waals surface area contributed by atoms with Gasteiger partial charge in [-0.3, -0.25) is 0 Å². The van der Waals surface area contributed by atoms with Crippen LogP contribution in [0.3, 0.4) is 0 Å². The third-order valence-corrected chi connectivity index (χ3v) is 13.1. The van der Waals surface area contributed by atoms with Gasteiger partial charge in [0.25, 0.3) is 0 Å². The Balaban J connectivity index is 1.03. The van der Waals surface area contributed by atoms with Crippen molar-refractivity contribution in [3.63, 3.8) is 0 Å². The van der Waals surface area contributed by atoms with Crippen LogP contribution in [-0.4, -0.2) is 9.97 Å². The fraction of sp³-hybridized carbons (Fsp3) is 0.212. The van der Waals surface area contributed by atoms with E-state index in [1.165, 1.54) is 65.6 Å². The molecule has 272 valence electrons. The highest BCUT2D eigenvalue weighted by Crippen LogP contribution is 2.64. The first kappa shape index (κ1) is 34.3. The second-order valence-corrected chi connectivity index (χ2v) is 16.5. The van der Waals surface area contributed by atoms with E-state index >= 15 is 0 Å². The molecule has 3 nitrogen and oxygen atoms in total. The van der Waals surface area contributed by atoms with Gasteiger partial charge in [0.15, 0.2) is 5.82 Å². The van der Waals surface area contributed by atoms with Crippen molar-refractivity contribution in [2.45, 2.75) is 44.9 Å². The molecule has 3 aliphatic carbocycles. The van der Waals surface area contributed by atoms with Crippen LogP contribution in [0, 0.1) is 40.8 Å². The van der Waals surface area contributed by atoms with E-state index in [-0.39, 0.29) is 11.2 Å². The number of nitrogens with zero attached hydrogens (tertiary/aromatic N) is 3. The Labute approximate surface area is 328 Å². The molecule has 0 aliphatic heterocycles. The van der Waals surface area contributed by atoms with E-state index in [9.17, 15) is 9.65 Å². The molecular formula is C52H42FN3. The Morgan fingerprint density at radius 3 is 1.86 bits per heavy atom. The maximum absolute atomic E-state index is 14.0. The fourth-order valence-corrected chi connectivity index (χ4v) is 10.8. The molecule has 0 saturated heterocycles. The van der Waals surface area contributed by atoms with Crippen LogP contribution >= 0.6 is 0 Å². The Morgan fingerprint density at radius 1 is 0.554 bits per heavy atom. The van der Waals surface area contributed by atoms with Gasteiger partial charge in [0.2, 0.25) is 0 Å². The number of fused-ring (bicyclic) bond motifs is 8. The van der Waals surface area contributed by atoms with Crippen LogP contribution in [0.4, 0.5) is 4.39 Å². The van der Waals surface area contributed by atoms with Crippen molar-refractivity contribution in [1.29, 1.82) is 5.26 Å². The topological polar surface area (TPSA) is 49.6 Å². The molecule has 3 aliphatic rings. The molecule has 7 aromatic rings. The summed E-state index contributed by atoms with van der Waals surface area (Å²) < 4.78 is 14.0. The molecule has 2 bridgehead atoms. The van der Waals surface area contributed by atoms with Gasteiger partial charge in [-0.05, 0) is 142 Å². The quantitative estimate of drug-likeness (QED) is 0.177. The summed E-state index contributed by atoms with van der Waals surface area (Å²) in [5, 5.41) is 9.99. The van der Waals surface area contributed by atoms with E-state index in [2.05, 4.69) is 111 Å². The van der Waals surface area contributed by atoms with Crippen LogP contribution in [0.5, 0.6) is 0 Å². The van der Waals surface area contributed by atoms with Crippen LogP contribution < -0.4 is 0 Å². The van der Waals surface area contributed by atoms with Gasteiger partial charge in [-0.25, -0.2) is 14.4 Å². The van der Waals surface area contributed by atoms with Gasteiger partial charge in [-0.1, -0.05) is 111 Å². The van der Waals surface area contributed by atoms with Gasteiger partial charge in [-0.2, -0.15) is 5.26 Å². The third kappa shape index (κ3) is 5.68. The van der Waals surface area contributed by atoms with Gasteiger partial charge in [0, 0.05) is 22.1 Å². The lowest BCUT2D eigenvalue weighted by Gasteiger charge is -2.54. The van der Waals surface area contributed by atoms with Crippen molar-refractivity contribution in [1.82, 2.24) is 9.97 Å². The van der Waals surface area contributed by atoms with Gasteiger partial charge in [0.1, 0.15) is 5.82 Å². The molecule has 1 heterocycles. The van der Waals surface area contributed by atoms with E-state index in [1.54, 1.807) is 12.1 Å². The van der Waals surface area contributed by atoms with Crippen LogP contribution in [0.15, 0.2) is 146 Å². The van der Waals surface area contributed by atoms with Crippen molar-refractivity contribution in [2.75, 3.05) is 0 Å². The SMILES string of the molecule is CC1CC2CC(C)C3(c4ccc(-c5ccc(-c6cc(-c7ccc(F)cc7)nc(-c7ccc(-c8ccccc8)cc7)n6)cc5)cc4-c4ccc(C#N)cc43)C(C1)C2. The zero-order chi connectivity index (χ0) is 38.0. The summed E-state index contributed by atoms with van der Waals surface area (Å²) in [5.74, 6) is 2.96. The summed E-state index contributed by atoms with van der Waals surface area (Å²) in [5.41, 5.74) is 15.0. The smallest absolute Gasteiger partial charge is 0.160 e. The number of rotatable bonds is 5. The predicted octanol–water partition coefficient (Wildman–Crippen LogP) is 13.2. The first-order valence-corrected chi connectivity index (χ1v) is 20.0. The average Bonchev–Trinajstić information content (AvgIpc) is 3.53. The summed E-state index contributed by atoms with van der Waals surface area (Å²) in [6.45, 7) is 4.91. The molecule has 0 radical (unpaired) electrons. The molecule has 1 spiro atoms. The molecule has 2 fully saturated rings. The summed E-state index contributed by atoms with van der Waals surface area (Å²) in [6, 6.07) is 51.8. The van der Waals surface area contributed by atoms with Crippen molar-refractivity contribution >= 4 is 0 Å². The lowest BCUT2D eigenvalue weighted by atomic mass is 9.49. The first-order valence-electron chi connectivity index (χ1n) is 20.0. The molecule has 56 heavy (non-hydrogen) atoms. The minimum absolute atomic E-state index is 0.0556. The Hall–Kier alpha value is -6.18.